The lowest BCUT2D eigenvalue weighted by molar-refractivity contribution is 1.18. The van der Waals surface area contributed by atoms with Crippen molar-refractivity contribution < 1.29 is 0 Å². The second-order valence-electron chi connectivity index (χ2n) is 13.4. The molecule has 0 amide bonds. The Balaban J connectivity index is 0.978. The highest BCUT2D eigenvalue weighted by Crippen LogP contribution is 2.39. The molecule has 0 fully saturated rings. The van der Waals surface area contributed by atoms with Gasteiger partial charge in [0.25, 0.3) is 0 Å². The molecule has 0 radical (unpaired) electrons. The average Bonchev–Trinajstić information content (AvgIpc) is 3.57. The molecule has 0 atom stereocenters. The van der Waals surface area contributed by atoms with Crippen molar-refractivity contribution in [1.29, 1.82) is 0 Å². The molecule has 0 N–H and O–H groups in total. The molecule has 10 rings (SSSR count). The Morgan fingerprint density at radius 2 is 0.808 bits per heavy atom. The molecule has 0 bridgehead atoms. The Kier molecular flexibility index (Phi) is 7.18. The van der Waals surface area contributed by atoms with E-state index in [0.717, 1.165) is 22.7 Å². The summed E-state index contributed by atoms with van der Waals surface area (Å²) < 4.78 is 2.40. The first-order valence-electron chi connectivity index (χ1n) is 17.8. The number of aromatic nitrogens is 1. The predicted molar refractivity (Wildman–Crippen MR) is 221 cm³/mol. The Labute approximate surface area is 303 Å². The van der Waals surface area contributed by atoms with Gasteiger partial charge in [0, 0.05) is 33.5 Å². The van der Waals surface area contributed by atoms with Crippen molar-refractivity contribution in [3.63, 3.8) is 0 Å². The quantitative estimate of drug-likeness (QED) is 0.172. The summed E-state index contributed by atoms with van der Waals surface area (Å²) in [6.07, 6.45) is 0. The molecular weight excluding hydrogens is 629 g/mol. The molecule has 10 aromatic rings. The number of hydrogen-bond acceptors (Lipinski definition) is 1. The summed E-state index contributed by atoms with van der Waals surface area (Å²) in [7, 11) is 0. The minimum atomic E-state index is 1.11. The van der Waals surface area contributed by atoms with E-state index < -0.39 is 0 Å². The molecule has 0 unspecified atom stereocenters. The molecule has 1 heterocycles. The second-order valence-corrected chi connectivity index (χ2v) is 13.4. The Morgan fingerprint density at radius 1 is 0.308 bits per heavy atom. The first kappa shape index (κ1) is 30.0. The van der Waals surface area contributed by atoms with Crippen LogP contribution in [0, 0.1) is 0 Å². The van der Waals surface area contributed by atoms with Crippen LogP contribution in [0.2, 0.25) is 0 Å². The lowest BCUT2D eigenvalue weighted by atomic mass is 10.0. The maximum absolute atomic E-state index is 2.40. The van der Waals surface area contributed by atoms with E-state index in [9.17, 15) is 0 Å². The van der Waals surface area contributed by atoms with E-state index in [4.69, 9.17) is 0 Å². The normalized spacial score (nSPS) is 11.5. The van der Waals surface area contributed by atoms with Gasteiger partial charge in [0.1, 0.15) is 0 Å². The number of fused-ring (bicyclic) bond motifs is 6. The lowest BCUT2D eigenvalue weighted by Crippen LogP contribution is -2.09. The van der Waals surface area contributed by atoms with E-state index in [0.29, 0.717) is 0 Å². The van der Waals surface area contributed by atoms with Gasteiger partial charge in [0.05, 0.1) is 11.0 Å². The van der Waals surface area contributed by atoms with Crippen LogP contribution >= 0.6 is 0 Å². The first-order chi connectivity index (χ1) is 25.8. The summed E-state index contributed by atoms with van der Waals surface area (Å²) >= 11 is 0. The van der Waals surface area contributed by atoms with E-state index >= 15 is 0 Å². The van der Waals surface area contributed by atoms with Crippen LogP contribution < -0.4 is 4.90 Å². The standard InChI is InChI=1S/C50H34N2/c1-2-13-42(14-3-1)51(44-29-24-38(25-30-44)41-19-18-35-10-4-5-12-40(35)34-41)43-27-20-36(21-28-43)37-22-31-45(32-23-37)52-48-17-9-8-16-47(48)50-46-15-7-6-11-39(46)26-33-49(50)52/h1-34H. The van der Waals surface area contributed by atoms with E-state index in [-0.39, 0.29) is 0 Å². The third kappa shape index (κ3) is 5.12. The summed E-state index contributed by atoms with van der Waals surface area (Å²) in [4.78, 5) is 2.32. The predicted octanol–water partition coefficient (Wildman–Crippen LogP) is 13.9. The topological polar surface area (TPSA) is 8.17 Å². The fourth-order valence-electron chi connectivity index (χ4n) is 7.82. The van der Waals surface area contributed by atoms with Crippen molar-refractivity contribution in [2.75, 3.05) is 4.90 Å². The van der Waals surface area contributed by atoms with Gasteiger partial charge >= 0.3 is 0 Å². The Hall–Kier alpha value is -6.90. The van der Waals surface area contributed by atoms with Gasteiger partial charge in [-0.1, -0.05) is 140 Å². The van der Waals surface area contributed by atoms with Crippen LogP contribution in [0.25, 0.3) is 71.3 Å². The number of benzene rings is 9. The smallest absolute Gasteiger partial charge is 0.0547 e. The number of nitrogens with zero attached hydrogens (tertiary/aromatic N) is 2. The minimum absolute atomic E-state index is 1.11. The van der Waals surface area contributed by atoms with Gasteiger partial charge in [0.15, 0.2) is 0 Å². The number of rotatable bonds is 6. The van der Waals surface area contributed by atoms with Crippen LogP contribution in [-0.4, -0.2) is 4.57 Å². The van der Waals surface area contributed by atoms with Crippen molar-refractivity contribution in [2.24, 2.45) is 0 Å². The molecule has 244 valence electrons. The van der Waals surface area contributed by atoms with Gasteiger partial charge in [0.2, 0.25) is 0 Å². The van der Waals surface area contributed by atoms with Crippen molar-refractivity contribution in [1.82, 2.24) is 4.57 Å². The summed E-state index contributed by atoms with van der Waals surface area (Å²) in [5.41, 5.74) is 11.8. The first-order valence-corrected chi connectivity index (χ1v) is 17.8. The summed E-state index contributed by atoms with van der Waals surface area (Å²) in [6, 6.07) is 74.5. The van der Waals surface area contributed by atoms with Crippen LogP contribution in [0.3, 0.4) is 0 Å². The van der Waals surface area contributed by atoms with Crippen molar-refractivity contribution in [2.45, 2.75) is 0 Å². The zero-order valence-electron chi connectivity index (χ0n) is 28.5. The monoisotopic (exact) mass is 662 g/mol. The largest absolute Gasteiger partial charge is 0.311 e. The zero-order chi connectivity index (χ0) is 34.4. The SMILES string of the molecule is c1ccc(N(c2ccc(-c3ccc(-n4c5ccccc5c5c6ccccc6ccc54)cc3)cc2)c2ccc(-c3ccc4ccccc4c3)cc2)cc1. The van der Waals surface area contributed by atoms with E-state index in [2.05, 4.69) is 216 Å². The van der Waals surface area contributed by atoms with E-state index in [1.54, 1.807) is 0 Å². The molecule has 0 aliphatic heterocycles. The minimum Gasteiger partial charge on any atom is -0.311 e. The van der Waals surface area contributed by atoms with E-state index in [1.807, 2.05) is 0 Å². The van der Waals surface area contributed by atoms with Crippen LogP contribution in [-0.2, 0) is 0 Å². The molecule has 2 heteroatoms. The van der Waals surface area contributed by atoms with Gasteiger partial charge < -0.3 is 9.47 Å². The van der Waals surface area contributed by atoms with Gasteiger partial charge in [-0.3, -0.25) is 0 Å². The van der Waals surface area contributed by atoms with Gasteiger partial charge in [-0.2, -0.15) is 0 Å². The van der Waals surface area contributed by atoms with Crippen LogP contribution in [0.1, 0.15) is 0 Å². The molecule has 0 spiro atoms. The lowest BCUT2D eigenvalue weighted by Gasteiger charge is -2.26. The Morgan fingerprint density at radius 3 is 1.52 bits per heavy atom. The van der Waals surface area contributed by atoms with Crippen LogP contribution in [0.5, 0.6) is 0 Å². The third-order valence-electron chi connectivity index (χ3n) is 10.4. The Bertz CT molecular complexity index is 2870. The molecular formula is C50H34N2. The fourth-order valence-corrected chi connectivity index (χ4v) is 7.82. The molecule has 2 nitrogen and oxygen atoms in total. The van der Waals surface area contributed by atoms with Crippen molar-refractivity contribution in [3.8, 4) is 27.9 Å². The molecule has 0 saturated carbocycles. The van der Waals surface area contributed by atoms with Crippen molar-refractivity contribution >= 4 is 60.4 Å². The molecule has 0 aliphatic carbocycles. The number of para-hydroxylation sites is 2. The maximum Gasteiger partial charge on any atom is 0.0547 e. The van der Waals surface area contributed by atoms with E-state index in [1.165, 1.54) is 65.6 Å². The molecule has 1 aromatic heterocycles. The highest BCUT2D eigenvalue weighted by molar-refractivity contribution is 6.21. The number of anilines is 3. The number of hydrogen-bond donors (Lipinski definition) is 0. The van der Waals surface area contributed by atoms with Crippen LogP contribution in [0.15, 0.2) is 206 Å². The third-order valence-corrected chi connectivity index (χ3v) is 10.4. The van der Waals surface area contributed by atoms with Crippen LogP contribution in [0.4, 0.5) is 17.1 Å². The van der Waals surface area contributed by atoms with Crippen molar-refractivity contribution in [3.05, 3.63) is 206 Å². The second kappa shape index (κ2) is 12.5. The zero-order valence-corrected chi connectivity index (χ0v) is 28.5. The highest BCUT2D eigenvalue weighted by Gasteiger charge is 2.16. The molecule has 0 aliphatic rings. The van der Waals surface area contributed by atoms with Gasteiger partial charge in [-0.25, -0.2) is 0 Å². The summed E-state index contributed by atoms with van der Waals surface area (Å²) in [5.74, 6) is 0. The summed E-state index contributed by atoms with van der Waals surface area (Å²) in [6.45, 7) is 0. The van der Waals surface area contributed by atoms with Gasteiger partial charge in [-0.05, 0) is 111 Å². The highest BCUT2D eigenvalue weighted by atomic mass is 15.1. The molecule has 52 heavy (non-hydrogen) atoms. The average molecular weight is 663 g/mol. The summed E-state index contributed by atoms with van der Waals surface area (Å²) in [5, 5.41) is 7.65. The van der Waals surface area contributed by atoms with Gasteiger partial charge in [-0.15, -0.1) is 0 Å². The maximum atomic E-state index is 2.40. The molecule has 0 saturated heterocycles. The fraction of sp³-hybridized carbons (Fsp3) is 0. The molecule has 9 aromatic carbocycles.